The molecule has 0 bridgehead atoms. The van der Waals surface area contributed by atoms with Crippen molar-refractivity contribution < 1.29 is 4.42 Å². The maximum Gasteiger partial charge on any atom is 0.283 e. The predicted octanol–water partition coefficient (Wildman–Crippen LogP) is 5.61. The summed E-state index contributed by atoms with van der Waals surface area (Å²) in [6.45, 7) is 0. The largest absolute Gasteiger partial charge is 0.411 e. The van der Waals surface area contributed by atoms with Gasteiger partial charge in [0.2, 0.25) is 5.89 Å². The van der Waals surface area contributed by atoms with E-state index in [1.165, 1.54) is 11.8 Å². The third-order valence-electron chi connectivity index (χ3n) is 3.57. The first kappa shape index (κ1) is 16.9. The topological polar surface area (TPSA) is 75.6 Å². The second-order valence-electron chi connectivity index (χ2n) is 5.24. The van der Waals surface area contributed by atoms with Crippen molar-refractivity contribution in [3.05, 3.63) is 64.1 Å². The average Bonchev–Trinajstić information content (AvgIpc) is 3.10. The zero-order valence-corrected chi connectivity index (χ0v) is 15.3. The minimum Gasteiger partial charge on any atom is -0.411 e. The number of hydrogen-bond acceptors (Lipinski definition) is 6. The molecule has 26 heavy (non-hydrogen) atoms. The Morgan fingerprint density at radius 3 is 2.69 bits per heavy atom. The molecular formula is C18H8Cl2N4OS. The van der Waals surface area contributed by atoms with E-state index in [4.69, 9.17) is 27.6 Å². The fraction of sp³-hybridized carbons (Fsp3) is 0. The van der Waals surface area contributed by atoms with Crippen LogP contribution in [-0.2, 0) is 0 Å². The Kier molecular flexibility index (Phi) is 4.51. The van der Waals surface area contributed by atoms with Crippen molar-refractivity contribution in [2.24, 2.45) is 0 Å². The fourth-order valence-corrected chi connectivity index (χ4v) is 3.49. The molecular weight excluding hydrogens is 391 g/mol. The molecule has 0 radical (unpaired) electrons. The molecule has 126 valence electrons. The lowest BCUT2D eigenvalue weighted by molar-refractivity contribution is 0.465. The van der Waals surface area contributed by atoms with Crippen molar-refractivity contribution in [1.82, 2.24) is 15.2 Å². The molecule has 0 N–H and O–H groups in total. The van der Waals surface area contributed by atoms with Crippen LogP contribution in [0.15, 0.2) is 63.2 Å². The molecule has 4 aromatic rings. The molecule has 2 aromatic heterocycles. The van der Waals surface area contributed by atoms with Crippen molar-refractivity contribution in [3.63, 3.8) is 0 Å². The molecule has 0 saturated carbocycles. The highest BCUT2D eigenvalue weighted by atomic mass is 35.5. The van der Waals surface area contributed by atoms with Gasteiger partial charge in [0.15, 0.2) is 0 Å². The second-order valence-corrected chi connectivity index (χ2v) is 7.05. The van der Waals surface area contributed by atoms with Gasteiger partial charge in [-0.25, -0.2) is 4.98 Å². The minimum atomic E-state index is 0.310. The van der Waals surface area contributed by atoms with Crippen LogP contribution in [0.5, 0.6) is 0 Å². The Bertz CT molecular complexity index is 1170. The van der Waals surface area contributed by atoms with Gasteiger partial charge in [-0.05, 0) is 48.2 Å². The summed E-state index contributed by atoms with van der Waals surface area (Å²) in [5.41, 5.74) is 1.81. The minimum absolute atomic E-state index is 0.310. The number of benzene rings is 2. The molecule has 2 heterocycles. The van der Waals surface area contributed by atoms with Crippen molar-refractivity contribution in [2.75, 3.05) is 0 Å². The summed E-state index contributed by atoms with van der Waals surface area (Å²) in [4.78, 5) is 4.52. The van der Waals surface area contributed by atoms with Crippen LogP contribution in [0.3, 0.4) is 0 Å². The number of nitriles is 1. The van der Waals surface area contributed by atoms with E-state index in [-0.39, 0.29) is 0 Å². The monoisotopic (exact) mass is 398 g/mol. The summed E-state index contributed by atoms with van der Waals surface area (Å²) in [7, 11) is 0. The predicted molar refractivity (Wildman–Crippen MR) is 100 cm³/mol. The van der Waals surface area contributed by atoms with Crippen LogP contribution < -0.4 is 0 Å². The lowest BCUT2D eigenvalue weighted by Crippen LogP contribution is -1.88. The van der Waals surface area contributed by atoms with Crippen molar-refractivity contribution in [3.8, 4) is 17.5 Å². The van der Waals surface area contributed by atoms with E-state index in [9.17, 15) is 5.26 Å². The molecule has 0 amide bonds. The van der Waals surface area contributed by atoms with E-state index < -0.39 is 0 Å². The maximum atomic E-state index is 9.40. The smallest absolute Gasteiger partial charge is 0.283 e. The first-order valence-corrected chi connectivity index (χ1v) is 8.98. The molecule has 0 atom stereocenters. The van der Waals surface area contributed by atoms with Crippen LogP contribution in [0, 0.1) is 11.3 Å². The Hall–Kier alpha value is -2.59. The Labute approximate surface area is 162 Å². The third kappa shape index (κ3) is 3.25. The standard InChI is InChI=1S/C18H8Cl2N4OS/c19-11-5-6-15-13(8-11)10(9-21)7-16(22-15)26-18-24-23-17(25-18)12-3-1-2-4-14(12)20/h1-8H. The number of nitrogens with zero attached hydrogens (tertiary/aromatic N) is 4. The quantitative estimate of drug-likeness (QED) is 0.445. The number of halogens is 2. The number of hydrogen-bond donors (Lipinski definition) is 0. The first-order valence-electron chi connectivity index (χ1n) is 7.41. The molecule has 8 heteroatoms. The Balaban J connectivity index is 1.69. The van der Waals surface area contributed by atoms with Crippen molar-refractivity contribution >= 4 is 45.9 Å². The van der Waals surface area contributed by atoms with Crippen LogP contribution in [-0.4, -0.2) is 15.2 Å². The lowest BCUT2D eigenvalue weighted by Gasteiger charge is -2.03. The SMILES string of the molecule is N#Cc1cc(Sc2nnc(-c3ccccc3Cl)o2)nc2ccc(Cl)cc12. The second kappa shape index (κ2) is 6.96. The van der Waals surface area contributed by atoms with Crippen LogP contribution in [0.25, 0.3) is 22.4 Å². The van der Waals surface area contributed by atoms with Gasteiger partial charge in [-0.1, -0.05) is 35.3 Å². The van der Waals surface area contributed by atoms with Gasteiger partial charge in [0.1, 0.15) is 5.03 Å². The molecule has 0 spiro atoms. The highest BCUT2D eigenvalue weighted by Gasteiger charge is 2.14. The van der Waals surface area contributed by atoms with Crippen molar-refractivity contribution in [1.29, 1.82) is 5.26 Å². The van der Waals surface area contributed by atoms with Crippen LogP contribution in [0.1, 0.15) is 5.56 Å². The van der Waals surface area contributed by atoms with Gasteiger partial charge in [-0.2, -0.15) is 5.26 Å². The number of rotatable bonds is 3. The summed E-state index contributed by atoms with van der Waals surface area (Å²) in [6, 6.07) is 16.3. The molecule has 0 aliphatic carbocycles. The zero-order valence-electron chi connectivity index (χ0n) is 13.0. The summed E-state index contributed by atoms with van der Waals surface area (Å²) in [6.07, 6.45) is 0. The fourth-order valence-electron chi connectivity index (χ4n) is 2.40. The number of pyridine rings is 1. The molecule has 0 fully saturated rings. The lowest BCUT2D eigenvalue weighted by atomic mass is 10.1. The zero-order chi connectivity index (χ0) is 18.1. The molecule has 0 aliphatic heterocycles. The normalized spacial score (nSPS) is 10.8. The van der Waals surface area contributed by atoms with Crippen LogP contribution >= 0.6 is 35.0 Å². The molecule has 4 rings (SSSR count). The van der Waals surface area contributed by atoms with Gasteiger partial charge in [-0.3, -0.25) is 0 Å². The van der Waals surface area contributed by atoms with E-state index in [0.717, 1.165) is 0 Å². The Morgan fingerprint density at radius 1 is 1.04 bits per heavy atom. The molecule has 5 nitrogen and oxygen atoms in total. The van der Waals surface area contributed by atoms with E-state index >= 15 is 0 Å². The third-order valence-corrected chi connectivity index (χ3v) is 4.89. The number of aromatic nitrogens is 3. The first-order chi connectivity index (χ1) is 12.6. The highest BCUT2D eigenvalue weighted by Crippen LogP contribution is 2.33. The highest BCUT2D eigenvalue weighted by molar-refractivity contribution is 7.99. The molecule has 0 saturated heterocycles. The van der Waals surface area contributed by atoms with Crippen molar-refractivity contribution in [2.45, 2.75) is 10.2 Å². The van der Waals surface area contributed by atoms with Gasteiger partial charge < -0.3 is 4.42 Å². The summed E-state index contributed by atoms with van der Waals surface area (Å²) < 4.78 is 5.67. The molecule has 0 aliphatic rings. The number of fused-ring (bicyclic) bond motifs is 1. The van der Waals surface area contributed by atoms with Crippen LogP contribution in [0.2, 0.25) is 10.0 Å². The van der Waals surface area contributed by atoms with E-state index in [1.807, 2.05) is 12.1 Å². The van der Waals surface area contributed by atoms with Gasteiger partial charge >= 0.3 is 0 Å². The van der Waals surface area contributed by atoms with E-state index in [1.54, 1.807) is 36.4 Å². The Morgan fingerprint density at radius 2 is 1.88 bits per heavy atom. The summed E-state index contributed by atoms with van der Waals surface area (Å²) >= 11 is 13.3. The molecule has 2 aromatic carbocycles. The van der Waals surface area contributed by atoms with Crippen LogP contribution in [0.4, 0.5) is 0 Å². The van der Waals surface area contributed by atoms with Gasteiger partial charge in [0.25, 0.3) is 5.22 Å². The maximum absolute atomic E-state index is 9.40. The molecule has 0 unspecified atom stereocenters. The summed E-state index contributed by atoms with van der Waals surface area (Å²) in [5, 5.41) is 20.1. The van der Waals surface area contributed by atoms with Gasteiger partial charge in [0.05, 0.1) is 27.7 Å². The van der Waals surface area contributed by atoms with Gasteiger partial charge in [-0.15, -0.1) is 10.2 Å². The van der Waals surface area contributed by atoms with Gasteiger partial charge in [0, 0.05) is 10.4 Å². The van der Waals surface area contributed by atoms with E-state index in [0.29, 0.717) is 48.2 Å². The van der Waals surface area contributed by atoms with E-state index in [2.05, 4.69) is 21.3 Å². The average molecular weight is 399 g/mol. The summed E-state index contributed by atoms with van der Waals surface area (Å²) in [5.74, 6) is 0.325.